The second-order valence-electron chi connectivity index (χ2n) is 6.38. The molecule has 3 heteroatoms. The SMILES string of the molecule is CNC1CC(C)CC(C)C1CN1CCCSCC1. The van der Waals surface area contributed by atoms with Crippen LogP contribution in [0.3, 0.4) is 0 Å². The van der Waals surface area contributed by atoms with Crippen LogP contribution in [0.15, 0.2) is 0 Å². The van der Waals surface area contributed by atoms with E-state index < -0.39 is 0 Å². The summed E-state index contributed by atoms with van der Waals surface area (Å²) in [4.78, 5) is 2.72. The third-order valence-electron chi connectivity index (χ3n) is 4.83. The number of nitrogens with zero attached hydrogens (tertiary/aromatic N) is 1. The summed E-state index contributed by atoms with van der Waals surface area (Å²) in [5.74, 6) is 5.33. The zero-order chi connectivity index (χ0) is 13.0. The fraction of sp³-hybridized carbons (Fsp3) is 1.00. The Morgan fingerprint density at radius 1 is 1.17 bits per heavy atom. The first kappa shape index (κ1) is 14.7. The van der Waals surface area contributed by atoms with Gasteiger partial charge in [0, 0.05) is 24.9 Å². The molecule has 1 saturated heterocycles. The van der Waals surface area contributed by atoms with E-state index in [4.69, 9.17) is 0 Å². The number of nitrogens with one attached hydrogen (secondary N) is 1. The number of rotatable bonds is 3. The van der Waals surface area contributed by atoms with Gasteiger partial charge in [-0.1, -0.05) is 13.8 Å². The van der Waals surface area contributed by atoms with E-state index in [9.17, 15) is 0 Å². The van der Waals surface area contributed by atoms with Gasteiger partial charge in [0.05, 0.1) is 0 Å². The van der Waals surface area contributed by atoms with Crippen LogP contribution < -0.4 is 5.32 Å². The quantitative estimate of drug-likeness (QED) is 0.849. The summed E-state index contributed by atoms with van der Waals surface area (Å²) in [5.41, 5.74) is 0. The molecule has 0 aromatic rings. The molecule has 2 rings (SSSR count). The van der Waals surface area contributed by atoms with E-state index in [0.717, 1.165) is 23.8 Å². The largest absolute Gasteiger partial charge is 0.317 e. The van der Waals surface area contributed by atoms with Gasteiger partial charge in [0.25, 0.3) is 0 Å². The third-order valence-corrected chi connectivity index (χ3v) is 5.88. The molecular formula is C15H30N2S. The minimum Gasteiger partial charge on any atom is -0.317 e. The Morgan fingerprint density at radius 3 is 2.78 bits per heavy atom. The predicted molar refractivity (Wildman–Crippen MR) is 82.3 cm³/mol. The molecule has 1 N–H and O–H groups in total. The number of hydrogen-bond acceptors (Lipinski definition) is 3. The zero-order valence-electron chi connectivity index (χ0n) is 12.3. The lowest BCUT2D eigenvalue weighted by atomic mass is 9.72. The molecule has 1 aliphatic heterocycles. The first-order valence-corrected chi connectivity index (χ1v) is 8.83. The Morgan fingerprint density at radius 2 is 2.00 bits per heavy atom. The van der Waals surface area contributed by atoms with Gasteiger partial charge in [-0.15, -0.1) is 0 Å². The first-order chi connectivity index (χ1) is 8.70. The summed E-state index contributed by atoms with van der Waals surface area (Å²) in [7, 11) is 2.15. The van der Waals surface area contributed by atoms with Crippen LogP contribution in [0.2, 0.25) is 0 Å². The van der Waals surface area contributed by atoms with E-state index >= 15 is 0 Å². The van der Waals surface area contributed by atoms with Crippen molar-refractivity contribution in [1.29, 1.82) is 0 Å². The fourth-order valence-corrected chi connectivity index (χ4v) is 4.75. The van der Waals surface area contributed by atoms with E-state index in [-0.39, 0.29) is 0 Å². The van der Waals surface area contributed by atoms with Crippen molar-refractivity contribution in [3.8, 4) is 0 Å². The monoisotopic (exact) mass is 270 g/mol. The van der Waals surface area contributed by atoms with Crippen LogP contribution in [-0.4, -0.2) is 49.1 Å². The van der Waals surface area contributed by atoms with Crippen LogP contribution in [0, 0.1) is 17.8 Å². The molecule has 2 fully saturated rings. The molecule has 106 valence electrons. The maximum Gasteiger partial charge on any atom is 0.0110 e. The molecule has 4 unspecified atom stereocenters. The average molecular weight is 270 g/mol. The lowest BCUT2D eigenvalue weighted by Gasteiger charge is -2.42. The van der Waals surface area contributed by atoms with Crippen molar-refractivity contribution < 1.29 is 0 Å². The molecule has 1 aliphatic carbocycles. The van der Waals surface area contributed by atoms with Crippen molar-refractivity contribution in [2.45, 2.75) is 39.2 Å². The van der Waals surface area contributed by atoms with Crippen LogP contribution in [0.1, 0.15) is 33.1 Å². The molecule has 4 atom stereocenters. The zero-order valence-corrected chi connectivity index (χ0v) is 13.1. The molecule has 1 heterocycles. The summed E-state index contributed by atoms with van der Waals surface area (Å²) in [6.45, 7) is 8.83. The predicted octanol–water partition coefficient (Wildman–Crippen LogP) is 2.70. The summed E-state index contributed by atoms with van der Waals surface area (Å²) in [6.07, 6.45) is 4.17. The van der Waals surface area contributed by atoms with Gasteiger partial charge < -0.3 is 10.2 Å². The average Bonchev–Trinajstić information content (AvgIpc) is 2.60. The highest BCUT2D eigenvalue weighted by Gasteiger charge is 2.34. The Bertz CT molecular complexity index is 239. The van der Waals surface area contributed by atoms with E-state index in [1.54, 1.807) is 0 Å². The van der Waals surface area contributed by atoms with Crippen LogP contribution in [-0.2, 0) is 0 Å². The molecule has 1 saturated carbocycles. The van der Waals surface area contributed by atoms with Crippen LogP contribution in [0.5, 0.6) is 0 Å². The first-order valence-electron chi connectivity index (χ1n) is 7.68. The van der Waals surface area contributed by atoms with E-state index in [2.05, 4.69) is 42.9 Å². The van der Waals surface area contributed by atoms with Crippen molar-refractivity contribution in [2.75, 3.05) is 38.2 Å². The number of hydrogen-bond donors (Lipinski definition) is 1. The molecule has 0 spiro atoms. The van der Waals surface area contributed by atoms with Crippen molar-refractivity contribution in [3.05, 3.63) is 0 Å². The molecule has 0 bridgehead atoms. The minimum atomic E-state index is 0.736. The van der Waals surface area contributed by atoms with Crippen molar-refractivity contribution in [1.82, 2.24) is 10.2 Å². The molecule has 0 amide bonds. The van der Waals surface area contributed by atoms with Gasteiger partial charge in [0.15, 0.2) is 0 Å². The lowest BCUT2D eigenvalue weighted by molar-refractivity contribution is 0.108. The molecule has 0 aromatic carbocycles. The highest BCUT2D eigenvalue weighted by Crippen LogP contribution is 2.34. The normalized spacial score (nSPS) is 39.5. The Balaban J connectivity index is 1.92. The van der Waals surface area contributed by atoms with Crippen LogP contribution in [0.4, 0.5) is 0 Å². The highest BCUT2D eigenvalue weighted by atomic mass is 32.2. The second-order valence-corrected chi connectivity index (χ2v) is 7.60. The van der Waals surface area contributed by atoms with Gasteiger partial charge >= 0.3 is 0 Å². The molecule has 18 heavy (non-hydrogen) atoms. The Hall–Kier alpha value is 0.270. The lowest BCUT2D eigenvalue weighted by Crippen LogP contribution is -2.48. The minimum absolute atomic E-state index is 0.736. The van der Waals surface area contributed by atoms with Gasteiger partial charge in [0.1, 0.15) is 0 Å². The van der Waals surface area contributed by atoms with Crippen molar-refractivity contribution >= 4 is 11.8 Å². The van der Waals surface area contributed by atoms with Gasteiger partial charge in [-0.2, -0.15) is 11.8 Å². The van der Waals surface area contributed by atoms with E-state index in [1.165, 1.54) is 50.4 Å². The molecule has 0 aromatic heterocycles. The summed E-state index contributed by atoms with van der Waals surface area (Å²) >= 11 is 2.13. The van der Waals surface area contributed by atoms with Crippen LogP contribution >= 0.6 is 11.8 Å². The summed E-state index contributed by atoms with van der Waals surface area (Å²) < 4.78 is 0. The Kier molecular flexibility index (Phi) is 5.84. The second kappa shape index (κ2) is 7.16. The fourth-order valence-electron chi connectivity index (χ4n) is 3.83. The van der Waals surface area contributed by atoms with Gasteiger partial charge in [-0.3, -0.25) is 0 Å². The topological polar surface area (TPSA) is 15.3 Å². The van der Waals surface area contributed by atoms with Crippen molar-refractivity contribution in [3.63, 3.8) is 0 Å². The standard InChI is InChI=1S/C15H30N2S/c1-12-9-13(2)14(15(10-12)16-3)11-17-5-4-7-18-8-6-17/h12-16H,4-11H2,1-3H3. The van der Waals surface area contributed by atoms with Crippen LogP contribution in [0.25, 0.3) is 0 Å². The van der Waals surface area contributed by atoms with Gasteiger partial charge in [0.2, 0.25) is 0 Å². The smallest absolute Gasteiger partial charge is 0.0110 e. The van der Waals surface area contributed by atoms with E-state index in [0.29, 0.717) is 0 Å². The van der Waals surface area contributed by atoms with Crippen molar-refractivity contribution in [2.24, 2.45) is 17.8 Å². The maximum atomic E-state index is 3.59. The molecule has 2 aliphatic rings. The summed E-state index contributed by atoms with van der Waals surface area (Å²) in [5, 5.41) is 3.59. The molecule has 0 radical (unpaired) electrons. The van der Waals surface area contributed by atoms with E-state index in [1.807, 2.05) is 0 Å². The third kappa shape index (κ3) is 3.88. The van der Waals surface area contributed by atoms with Gasteiger partial charge in [-0.25, -0.2) is 0 Å². The highest BCUT2D eigenvalue weighted by molar-refractivity contribution is 7.99. The maximum absolute atomic E-state index is 3.59. The number of thioether (sulfide) groups is 1. The molecular weight excluding hydrogens is 240 g/mol. The van der Waals surface area contributed by atoms with Gasteiger partial charge in [-0.05, 0) is 56.4 Å². The summed E-state index contributed by atoms with van der Waals surface area (Å²) in [6, 6.07) is 0.736. The molecule has 2 nitrogen and oxygen atoms in total. The Labute approximate surface area is 117 Å².